The van der Waals surface area contributed by atoms with Gasteiger partial charge in [0.2, 0.25) is 0 Å². The van der Waals surface area contributed by atoms with Crippen LogP contribution in [0.5, 0.6) is 11.5 Å². The van der Waals surface area contributed by atoms with Crippen molar-refractivity contribution in [3.05, 3.63) is 23.8 Å². The molecule has 0 bridgehead atoms. The fraction of sp³-hybridized carbons (Fsp3) is 0.632. The molecular formula is C19H31NNiO3. The van der Waals surface area contributed by atoms with E-state index >= 15 is 0 Å². The number of hydrogen-bond acceptors (Lipinski definition) is 4. The molecule has 1 aromatic rings. The summed E-state index contributed by atoms with van der Waals surface area (Å²) in [4.78, 5) is 0. The number of methoxy groups -OCH3 is 1. The number of hydrogen-bond donors (Lipinski definition) is 2. The summed E-state index contributed by atoms with van der Waals surface area (Å²) >= 11 is 0. The van der Waals surface area contributed by atoms with Crippen molar-refractivity contribution in [3.63, 3.8) is 0 Å². The molecule has 4 nitrogen and oxygen atoms in total. The van der Waals surface area contributed by atoms with Crippen molar-refractivity contribution in [1.82, 2.24) is 0 Å². The Bertz CT molecular complexity index is 478. The van der Waals surface area contributed by atoms with Crippen LogP contribution in [0.4, 0.5) is 0 Å². The van der Waals surface area contributed by atoms with Gasteiger partial charge < -0.3 is 15.1 Å². The summed E-state index contributed by atoms with van der Waals surface area (Å²) in [7, 11) is 1.51. The number of nitrogens with zero attached hydrogens (tertiary/aromatic N) is 1. The van der Waals surface area contributed by atoms with Gasteiger partial charge in [-0.05, 0) is 25.0 Å². The van der Waals surface area contributed by atoms with E-state index in [2.05, 4.69) is 12.1 Å². The zero-order chi connectivity index (χ0) is 16.9. The fourth-order valence-electron chi connectivity index (χ4n) is 2.76. The Balaban J connectivity index is 0.00000529. The number of unbranched alkanes of at least 4 members (excludes halogenated alkanes) is 8. The molecule has 0 saturated heterocycles. The molecule has 2 N–H and O–H groups in total. The molecule has 0 aliphatic heterocycles. The first kappa shape index (κ1) is 22.8. The van der Waals surface area contributed by atoms with E-state index in [1.54, 1.807) is 18.2 Å². The third-order valence-electron chi connectivity index (χ3n) is 4.17. The van der Waals surface area contributed by atoms with E-state index in [0.717, 1.165) is 12.8 Å². The van der Waals surface area contributed by atoms with Crippen LogP contribution in [-0.2, 0) is 16.5 Å². The Hall–Kier alpha value is -1.22. The first-order chi connectivity index (χ1) is 11.2. The third kappa shape index (κ3) is 8.05. The largest absolute Gasteiger partial charge is 0.504 e. The smallest absolute Gasteiger partial charge is 0.167 e. The second-order valence-electron chi connectivity index (χ2n) is 5.98. The maximum Gasteiger partial charge on any atom is 0.167 e. The Kier molecular flexibility index (Phi) is 13.4. The van der Waals surface area contributed by atoms with Crippen molar-refractivity contribution >= 4 is 5.71 Å². The van der Waals surface area contributed by atoms with Gasteiger partial charge in [-0.15, -0.1) is 0 Å². The van der Waals surface area contributed by atoms with Gasteiger partial charge in [-0.2, -0.15) is 0 Å². The standard InChI is InChI=1S/C19H31NO3.Ni/c1-3-4-5-6-7-8-9-10-11-14-17(20-22)16-13-12-15-18(23-2)19(16)21;/h12-13,15,21-22H,3-11,14H2,1-2H3;/b20-17+;. The van der Waals surface area contributed by atoms with Crippen molar-refractivity contribution in [3.8, 4) is 11.5 Å². The van der Waals surface area contributed by atoms with Crippen molar-refractivity contribution < 1.29 is 31.5 Å². The normalized spacial score (nSPS) is 11.2. The van der Waals surface area contributed by atoms with Crippen LogP contribution in [0.3, 0.4) is 0 Å². The minimum absolute atomic E-state index is 0. The molecule has 0 saturated carbocycles. The zero-order valence-electron chi connectivity index (χ0n) is 14.9. The number of phenols is 1. The minimum Gasteiger partial charge on any atom is -0.504 e. The van der Waals surface area contributed by atoms with Gasteiger partial charge in [-0.1, -0.05) is 69.5 Å². The van der Waals surface area contributed by atoms with Crippen LogP contribution in [0.15, 0.2) is 23.4 Å². The molecule has 0 aromatic heterocycles. The van der Waals surface area contributed by atoms with Crippen LogP contribution >= 0.6 is 0 Å². The van der Waals surface area contributed by atoms with Gasteiger partial charge in [0.25, 0.3) is 0 Å². The molecule has 24 heavy (non-hydrogen) atoms. The number of para-hydroxylation sites is 1. The van der Waals surface area contributed by atoms with E-state index in [0.29, 0.717) is 23.4 Å². The molecule has 0 aliphatic rings. The van der Waals surface area contributed by atoms with Crippen molar-refractivity contribution in [2.24, 2.45) is 5.16 Å². The van der Waals surface area contributed by atoms with E-state index in [1.807, 2.05) is 0 Å². The molecule has 140 valence electrons. The Labute approximate surface area is 156 Å². The van der Waals surface area contributed by atoms with E-state index in [4.69, 9.17) is 4.74 Å². The molecule has 0 amide bonds. The van der Waals surface area contributed by atoms with E-state index < -0.39 is 0 Å². The van der Waals surface area contributed by atoms with Gasteiger partial charge in [0.05, 0.1) is 12.8 Å². The molecule has 0 radical (unpaired) electrons. The molecule has 1 aromatic carbocycles. The van der Waals surface area contributed by atoms with Gasteiger partial charge in [-0.25, -0.2) is 0 Å². The molecular weight excluding hydrogens is 349 g/mol. The molecule has 5 heteroatoms. The van der Waals surface area contributed by atoms with E-state index in [1.165, 1.54) is 52.1 Å². The molecule has 0 unspecified atom stereocenters. The number of aromatic hydroxyl groups is 1. The number of rotatable bonds is 12. The van der Waals surface area contributed by atoms with Crippen LogP contribution in [0.1, 0.15) is 76.7 Å². The van der Waals surface area contributed by atoms with Gasteiger partial charge in [0.1, 0.15) is 0 Å². The summed E-state index contributed by atoms with van der Waals surface area (Å²) < 4.78 is 5.09. The predicted octanol–water partition coefficient (Wildman–Crippen LogP) is 5.50. The maximum absolute atomic E-state index is 10.1. The summed E-state index contributed by atoms with van der Waals surface area (Å²) in [5, 5.41) is 22.7. The van der Waals surface area contributed by atoms with Crippen molar-refractivity contribution in [2.45, 2.75) is 71.1 Å². The van der Waals surface area contributed by atoms with Crippen LogP contribution in [0, 0.1) is 0 Å². The molecule has 0 heterocycles. The van der Waals surface area contributed by atoms with Gasteiger partial charge in [0, 0.05) is 22.1 Å². The van der Waals surface area contributed by atoms with Crippen LogP contribution < -0.4 is 4.74 Å². The van der Waals surface area contributed by atoms with Crippen LogP contribution in [0.2, 0.25) is 0 Å². The third-order valence-corrected chi connectivity index (χ3v) is 4.17. The molecule has 0 fully saturated rings. The SMILES string of the molecule is CCCCCCCCCCC/C(=N\O)c1cccc(OC)c1O.[Ni]. The predicted molar refractivity (Wildman–Crippen MR) is 94.8 cm³/mol. The van der Waals surface area contributed by atoms with Crippen molar-refractivity contribution in [1.29, 1.82) is 0 Å². The Morgan fingerprint density at radius 1 is 1.00 bits per heavy atom. The molecule has 0 spiro atoms. The van der Waals surface area contributed by atoms with Crippen LogP contribution in [0.25, 0.3) is 0 Å². The Morgan fingerprint density at radius 3 is 2.12 bits per heavy atom. The number of ether oxygens (including phenoxy) is 1. The summed E-state index contributed by atoms with van der Waals surface area (Å²) in [5.74, 6) is 0.439. The molecule has 0 atom stereocenters. The van der Waals surface area contributed by atoms with E-state index in [-0.39, 0.29) is 22.2 Å². The quantitative estimate of drug-likeness (QED) is 0.166. The van der Waals surface area contributed by atoms with Gasteiger partial charge >= 0.3 is 0 Å². The number of benzene rings is 1. The minimum atomic E-state index is 0. The summed E-state index contributed by atoms with van der Waals surface area (Å²) in [6.07, 6.45) is 11.9. The Morgan fingerprint density at radius 2 is 1.58 bits per heavy atom. The van der Waals surface area contributed by atoms with Crippen LogP contribution in [-0.4, -0.2) is 23.1 Å². The first-order valence-corrected chi connectivity index (χ1v) is 8.81. The average Bonchev–Trinajstić information content (AvgIpc) is 2.57. The van der Waals surface area contributed by atoms with E-state index in [9.17, 15) is 10.3 Å². The first-order valence-electron chi connectivity index (χ1n) is 8.81. The summed E-state index contributed by atoms with van der Waals surface area (Å²) in [5.41, 5.74) is 1.07. The average molecular weight is 380 g/mol. The molecule has 0 aliphatic carbocycles. The fourth-order valence-corrected chi connectivity index (χ4v) is 2.76. The zero-order valence-corrected chi connectivity index (χ0v) is 15.9. The summed E-state index contributed by atoms with van der Waals surface area (Å²) in [6, 6.07) is 5.22. The topological polar surface area (TPSA) is 62.1 Å². The number of oxime groups is 1. The molecule has 1 rings (SSSR count). The maximum atomic E-state index is 10.1. The monoisotopic (exact) mass is 379 g/mol. The van der Waals surface area contributed by atoms with Gasteiger partial charge in [0.15, 0.2) is 11.5 Å². The summed E-state index contributed by atoms with van der Waals surface area (Å²) in [6.45, 7) is 2.24. The number of phenolic OH excluding ortho intramolecular Hbond substituents is 1. The second kappa shape index (κ2) is 14.2. The second-order valence-corrected chi connectivity index (χ2v) is 5.98. The van der Waals surface area contributed by atoms with Crippen molar-refractivity contribution in [2.75, 3.05) is 7.11 Å². The van der Waals surface area contributed by atoms with Gasteiger partial charge in [-0.3, -0.25) is 0 Å².